The first-order valence-electron chi connectivity index (χ1n) is 12.0. The van der Waals surface area contributed by atoms with Gasteiger partial charge in [-0.3, -0.25) is 14.5 Å². The van der Waals surface area contributed by atoms with Crippen molar-refractivity contribution in [2.24, 2.45) is 0 Å². The maximum atomic E-state index is 12.6. The lowest BCUT2D eigenvalue weighted by Crippen LogP contribution is -2.51. The summed E-state index contributed by atoms with van der Waals surface area (Å²) in [6.45, 7) is 7.48. The van der Waals surface area contributed by atoms with Crippen molar-refractivity contribution >= 4 is 23.6 Å². The summed E-state index contributed by atoms with van der Waals surface area (Å²) in [6, 6.07) is 8.55. The minimum Gasteiger partial charge on any atom is -0.372 e. The molecule has 1 aromatic rings. The normalized spacial score (nSPS) is 21.0. The van der Waals surface area contributed by atoms with Crippen molar-refractivity contribution in [2.75, 3.05) is 63.8 Å². The number of carbonyl (C=O) groups is 2. The average molecular weight is 425 g/mol. The maximum absolute atomic E-state index is 12.6. The van der Waals surface area contributed by atoms with Crippen molar-refractivity contribution in [2.45, 2.75) is 38.5 Å². The topological polar surface area (TPSA) is 47.1 Å². The van der Waals surface area contributed by atoms with Crippen LogP contribution >= 0.6 is 0 Å². The van der Waals surface area contributed by atoms with Crippen molar-refractivity contribution in [3.8, 4) is 0 Å². The summed E-state index contributed by atoms with van der Waals surface area (Å²) >= 11 is 0. The zero-order valence-corrected chi connectivity index (χ0v) is 18.7. The quantitative estimate of drug-likeness (QED) is 0.682. The SMILES string of the molecule is O=C(C=Cc1ccc(N2CCCCCC2)cc1)N1CCN(CC(=O)N2CCCC2)CC1. The molecule has 3 heterocycles. The smallest absolute Gasteiger partial charge is 0.246 e. The van der Waals surface area contributed by atoms with Crippen LogP contribution in [0.5, 0.6) is 0 Å². The second kappa shape index (κ2) is 10.8. The molecule has 0 bridgehead atoms. The molecular weight excluding hydrogens is 388 g/mol. The minimum atomic E-state index is 0.0575. The van der Waals surface area contributed by atoms with Crippen molar-refractivity contribution < 1.29 is 9.59 Å². The first kappa shape index (κ1) is 21.9. The third kappa shape index (κ3) is 6.10. The number of piperazine rings is 1. The minimum absolute atomic E-state index is 0.0575. The van der Waals surface area contributed by atoms with Gasteiger partial charge < -0.3 is 14.7 Å². The maximum Gasteiger partial charge on any atom is 0.246 e. The van der Waals surface area contributed by atoms with Gasteiger partial charge >= 0.3 is 0 Å². The van der Waals surface area contributed by atoms with Crippen LogP contribution in [0.2, 0.25) is 0 Å². The van der Waals surface area contributed by atoms with E-state index in [1.54, 1.807) is 6.08 Å². The van der Waals surface area contributed by atoms with E-state index in [9.17, 15) is 9.59 Å². The molecule has 0 aliphatic carbocycles. The second-order valence-electron chi connectivity index (χ2n) is 9.02. The molecule has 0 aromatic heterocycles. The number of carbonyl (C=O) groups excluding carboxylic acids is 2. The Morgan fingerprint density at radius 1 is 0.710 bits per heavy atom. The van der Waals surface area contributed by atoms with E-state index in [-0.39, 0.29) is 11.8 Å². The zero-order valence-electron chi connectivity index (χ0n) is 18.7. The fourth-order valence-corrected chi connectivity index (χ4v) is 4.78. The number of rotatable bonds is 5. The van der Waals surface area contributed by atoms with Crippen LogP contribution in [0.1, 0.15) is 44.1 Å². The lowest BCUT2D eigenvalue weighted by atomic mass is 10.1. The van der Waals surface area contributed by atoms with E-state index < -0.39 is 0 Å². The molecule has 6 nitrogen and oxygen atoms in total. The van der Waals surface area contributed by atoms with Gasteiger partial charge in [-0.1, -0.05) is 25.0 Å². The van der Waals surface area contributed by atoms with Gasteiger partial charge in [0.15, 0.2) is 0 Å². The second-order valence-corrected chi connectivity index (χ2v) is 9.02. The van der Waals surface area contributed by atoms with Gasteiger partial charge in [0.2, 0.25) is 11.8 Å². The van der Waals surface area contributed by atoms with E-state index in [0.29, 0.717) is 19.6 Å². The number of hydrogen-bond donors (Lipinski definition) is 0. The predicted octanol–water partition coefficient (Wildman–Crippen LogP) is 2.85. The Kier molecular flexibility index (Phi) is 7.62. The van der Waals surface area contributed by atoms with Crippen LogP contribution in [0.15, 0.2) is 30.3 Å². The molecular formula is C25H36N4O2. The molecule has 0 unspecified atom stereocenters. The molecule has 2 amide bonds. The molecule has 3 saturated heterocycles. The summed E-state index contributed by atoms with van der Waals surface area (Å²) in [7, 11) is 0. The van der Waals surface area contributed by atoms with E-state index in [0.717, 1.165) is 57.7 Å². The predicted molar refractivity (Wildman–Crippen MR) is 125 cm³/mol. The molecule has 0 radical (unpaired) electrons. The molecule has 0 N–H and O–H groups in total. The molecule has 3 fully saturated rings. The Bertz CT molecular complexity index is 754. The lowest BCUT2D eigenvalue weighted by Gasteiger charge is -2.34. The highest BCUT2D eigenvalue weighted by atomic mass is 16.2. The molecule has 1 aromatic carbocycles. The Morgan fingerprint density at radius 2 is 1.32 bits per heavy atom. The van der Waals surface area contributed by atoms with E-state index in [1.165, 1.54) is 31.4 Å². The van der Waals surface area contributed by atoms with Crippen LogP contribution < -0.4 is 4.90 Å². The first-order valence-corrected chi connectivity index (χ1v) is 12.0. The van der Waals surface area contributed by atoms with Crippen molar-refractivity contribution in [3.05, 3.63) is 35.9 Å². The lowest BCUT2D eigenvalue weighted by molar-refractivity contribution is -0.132. The Balaban J connectivity index is 1.22. The molecule has 0 spiro atoms. The fraction of sp³-hybridized carbons (Fsp3) is 0.600. The number of anilines is 1. The Hall–Kier alpha value is -2.34. The monoisotopic (exact) mass is 424 g/mol. The van der Waals surface area contributed by atoms with Gasteiger partial charge in [-0.15, -0.1) is 0 Å². The average Bonchev–Trinajstić information content (AvgIpc) is 3.21. The van der Waals surface area contributed by atoms with Crippen LogP contribution in [-0.2, 0) is 9.59 Å². The van der Waals surface area contributed by atoms with Gasteiger partial charge in [0.25, 0.3) is 0 Å². The summed E-state index contributed by atoms with van der Waals surface area (Å²) in [4.78, 5) is 33.4. The number of nitrogens with zero attached hydrogens (tertiary/aromatic N) is 4. The molecule has 0 atom stereocenters. The molecule has 6 heteroatoms. The standard InChI is InChI=1S/C25H36N4O2/c30-24(29-19-17-26(18-20-29)21-25(31)28-15-5-6-16-28)12-9-22-7-10-23(11-8-22)27-13-3-1-2-4-14-27/h7-12H,1-6,13-21H2. The van der Waals surface area contributed by atoms with Gasteiger partial charge in [-0.25, -0.2) is 0 Å². The Labute approximate surface area is 186 Å². The third-order valence-electron chi connectivity index (χ3n) is 6.78. The summed E-state index contributed by atoms with van der Waals surface area (Å²) in [5, 5.41) is 0. The molecule has 3 aliphatic heterocycles. The van der Waals surface area contributed by atoms with Crippen LogP contribution in [0.4, 0.5) is 5.69 Å². The third-order valence-corrected chi connectivity index (χ3v) is 6.78. The molecule has 168 valence electrons. The summed E-state index contributed by atoms with van der Waals surface area (Å²) in [6.07, 6.45) is 11.1. The van der Waals surface area contributed by atoms with Crippen molar-refractivity contribution in [1.82, 2.24) is 14.7 Å². The van der Waals surface area contributed by atoms with Gasteiger partial charge in [0.05, 0.1) is 6.54 Å². The zero-order chi connectivity index (χ0) is 21.5. The number of amides is 2. The van der Waals surface area contributed by atoms with Crippen LogP contribution in [0, 0.1) is 0 Å². The van der Waals surface area contributed by atoms with Crippen LogP contribution in [0.3, 0.4) is 0 Å². The highest BCUT2D eigenvalue weighted by Gasteiger charge is 2.24. The van der Waals surface area contributed by atoms with Crippen molar-refractivity contribution in [1.29, 1.82) is 0 Å². The van der Waals surface area contributed by atoms with Crippen LogP contribution in [0.25, 0.3) is 6.08 Å². The van der Waals surface area contributed by atoms with Crippen LogP contribution in [-0.4, -0.2) is 85.4 Å². The molecule has 4 rings (SSSR count). The number of likely N-dealkylation sites (tertiary alicyclic amines) is 1. The largest absolute Gasteiger partial charge is 0.372 e. The van der Waals surface area contributed by atoms with Gasteiger partial charge in [-0.05, 0) is 49.5 Å². The van der Waals surface area contributed by atoms with Gasteiger partial charge in [0.1, 0.15) is 0 Å². The van der Waals surface area contributed by atoms with Crippen molar-refractivity contribution in [3.63, 3.8) is 0 Å². The summed E-state index contributed by atoms with van der Waals surface area (Å²) < 4.78 is 0. The van der Waals surface area contributed by atoms with Gasteiger partial charge in [0, 0.05) is 64.1 Å². The van der Waals surface area contributed by atoms with E-state index >= 15 is 0 Å². The highest BCUT2D eigenvalue weighted by molar-refractivity contribution is 5.92. The molecule has 0 saturated carbocycles. The fourth-order valence-electron chi connectivity index (χ4n) is 4.78. The number of hydrogen-bond acceptors (Lipinski definition) is 4. The highest BCUT2D eigenvalue weighted by Crippen LogP contribution is 2.20. The summed E-state index contributed by atoms with van der Waals surface area (Å²) in [5.41, 5.74) is 2.34. The van der Waals surface area contributed by atoms with E-state index in [2.05, 4.69) is 34.1 Å². The Morgan fingerprint density at radius 3 is 1.97 bits per heavy atom. The van der Waals surface area contributed by atoms with Gasteiger partial charge in [-0.2, -0.15) is 0 Å². The van der Waals surface area contributed by atoms with E-state index in [1.807, 2.05) is 15.9 Å². The first-order chi connectivity index (χ1) is 15.2. The van der Waals surface area contributed by atoms with E-state index in [4.69, 9.17) is 0 Å². The molecule has 3 aliphatic rings. The number of benzene rings is 1. The summed E-state index contributed by atoms with van der Waals surface area (Å²) in [5.74, 6) is 0.294. The molecule has 31 heavy (non-hydrogen) atoms.